The third-order valence-electron chi connectivity index (χ3n) is 4.25. The van der Waals surface area contributed by atoms with E-state index >= 15 is 0 Å². The average molecular weight is 322 g/mol. The number of amides is 1. The molecule has 3 aromatic rings. The minimum Gasteiger partial charge on any atom is -0.328 e. The van der Waals surface area contributed by atoms with Gasteiger partial charge in [-0.2, -0.15) is 5.10 Å². The number of nitrogens with zero attached hydrogens (tertiary/aromatic N) is 5. The van der Waals surface area contributed by atoms with Crippen LogP contribution in [-0.4, -0.2) is 42.3 Å². The van der Waals surface area contributed by atoms with E-state index in [0.717, 1.165) is 23.8 Å². The molecule has 0 radical (unpaired) electrons. The van der Waals surface area contributed by atoms with E-state index in [1.54, 1.807) is 11.0 Å². The van der Waals surface area contributed by atoms with Gasteiger partial charge in [0.25, 0.3) is 5.91 Å². The lowest BCUT2D eigenvalue weighted by molar-refractivity contribution is 0.0700. The zero-order valence-electron chi connectivity index (χ0n) is 13.4. The van der Waals surface area contributed by atoms with E-state index in [2.05, 4.69) is 37.1 Å². The van der Waals surface area contributed by atoms with Crippen LogP contribution in [0.25, 0.3) is 0 Å². The van der Waals surface area contributed by atoms with Gasteiger partial charge in [-0.05, 0) is 18.6 Å². The van der Waals surface area contributed by atoms with Gasteiger partial charge in [0.2, 0.25) is 0 Å². The lowest BCUT2D eigenvalue weighted by atomic mass is 10.1. The van der Waals surface area contributed by atoms with Crippen LogP contribution in [0.3, 0.4) is 0 Å². The van der Waals surface area contributed by atoms with Crippen molar-refractivity contribution < 1.29 is 4.79 Å². The number of carbonyl (C=O) groups excluding carboxylic acids is 1. The smallest absolute Gasteiger partial charge is 0.274 e. The molecule has 0 saturated heterocycles. The second-order valence-electron chi connectivity index (χ2n) is 6.01. The van der Waals surface area contributed by atoms with E-state index < -0.39 is 0 Å². The number of aromatic nitrogens is 5. The summed E-state index contributed by atoms with van der Waals surface area (Å²) in [6.07, 6.45) is 0.750. The molecule has 122 valence electrons. The number of aromatic amines is 1. The monoisotopic (exact) mass is 322 g/mol. The quantitative estimate of drug-likeness (QED) is 0.793. The van der Waals surface area contributed by atoms with Crippen LogP contribution in [0.15, 0.2) is 36.4 Å². The fourth-order valence-corrected chi connectivity index (χ4v) is 2.99. The number of carbonyl (C=O) groups is 1. The molecule has 0 unspecified atom stereocenters. The Kier molecular flexibility index (Phi) is 3.60. The predicted octanol–water partition coefficient (Wildman–Crippen LogP) is 1.56. The van der Waals surface area contributed by atoms with Gasteiger partial charge in [-0.1, -0.05) is 30.3 Å². The van der Waals surface area contributed by atoms with E-state index in [-0.39, 0.29) is 5.91 Å². The van der Waals surface area contributed by atoms with Crippen molar-refractivity contribution in [3.63, 3.8) is 0 Å². The minimum absolute atomic E-state index is 0.0711. The standard InChI is InChI=1S/C17H18N6O/c1-12-9-14(19-18-12)17(24)22-7-8-23-15(20-21-16(23)11-22)10-13-5-3-2-4-6-13/h2-6,9H,7-8,10-11H2,1H3,(H,18,19). The number of hydrogen-bond acceptors (Lipinski definition) is 4. The van der Waals surface area contributed by atoms with E-state index in [9.17, 15) is 4.79 Å². The van der Waals surface area contributed by atoms with E-state index in [1.165, 1.54) is 5.56 Å². The second-order valence-corrected chi connectivity index (χ2v) is 6.01. The van der Waals surface area contributed by atoms with E-state index in [1.807, 2.05) is 25.1 Å². The van der Waals surface area contributed by atoms with Crippen LogP contribution < -0.4 is 0 Å². The van der Waals surface area contributed by atoms with Crippen molar-refractivity contribution in [3.8, 4) is 0 Å². The first-order valence-electron chi connectivity index (χ1n) is 7.97. The van der Waals surface area contributed by atoms with Crippen LogP contribution in [0.4, 0.5) is 0 Å². The van der Waals surface area contributed by atoms with Crippen molar-refractivity contribution >= 4 is 5.91 Å². The molecule has 0 bridgehead atoms. The Morgan fingerprint density at radius 3 is 2.79 bits per heavy atom. The van der Waals surface area contributed by atoms with Gasteiger partial charge in [-0.15, -0.1) is 10.2 Å². The Balaban J connectivity index is 1.51. The Morgan fingerprint density at radius 1 is 1.21 bits per heavy atom. The molecule has 0 saturated carbocycles. The Labute approximate surface area is 139 Å². The summed E-state index contributed by atoms with van der Waals surface area (Å²) in [7, 11) is 0. The molecule has 24 heavy (non-hydrogen) atoms. The number of rotatable bonds is 3. The van der Waals surface area contributed by atoms with Crippen LogP contribution >= 0.6 is 0 Å². The Bertz CT molecular complexity index is 866. The number of fused-ring (bicyclic) bond motifs is 1. The fraction of sp³-hybridized carbons (Fsp3) is 0.294. The highest BCUT2D eigenvalue weighted by Gasteiger charge is 2.26. The molecule has 7 heteroatoms. The van der Waals surface area contributed by atoms with Gasteiger partial charge in [-0.3, -0.25) is 9.89 Å². The molecule has 0 aliphatic carbocycles. The molecule has 3 heterocycles. The van der Waals surface area contributed by atoms with Crippen molar-refractivity contribution in [1.29, 1.82) is 0 Å². The maximum absolute atomic E-state index is 12.5. The van der Waals surface area contributed by atoms with Crippen LogP contribution in [0.5, 0.6) is 0 Å². The largest absolute Gasteiger partial charge is 0.328 e. The molecule has 0 fully saturated rings. The van der Waals surface area contributed by atoms with Crippen LogP contribution in [0.1, 0.15) is 33.4 Å². The molecule has 1 amide bonds. The topological polar surface area (TPSA) is 79.7 Å². The summed E-state index contributed by atoms with van der Waals surface area (Å²) in [5, 5.41) is 15.4. The van der Waals surface area contributed by atoms with Crippen molar-refractivity contribution in [3.05, 3.63) is 65.0 Å². The lowest BCUT2D eigenvalue weighted by Gasteiger charge is -2.27. The molecule has 1 N–H and O–H groups in total. The highest BCUT2D eigenvalue weighted by atomic mass is 16.2. The summed E-state index contributed by atoms with van der Waals surface area (Å²) in [5.41, 5.74) is 2.53. The first kappa shape index (κ1) is 14.6. The number of aryl methyl sites for hydroxylation is 1. The molecule has 0 atom stereocenters. The zero-order valence-corrected chi connectivity index (χ0v) is 13.4. The first-order chi connectivity index (χ1) is 11.7. The molecule has 4 rings (SSSR count). The summed E-state index contributed by atoms with van der Waals surface area (Å²) >= 11 is 0. The van der Waals surface area contributed by atoms with Crippen molar-refractivity contribution in [2.75, 3.05) is 6.54 Å². The molecule has 7 nitrogen and oxygen atoms in total. The summed E-state index contributed by atoms with van der Waals surface area (Å²) in [6, 6.07) is 12.0. The Hall–Kier alpha value is -2.96. The normalized spacial score (nSPS) is 13.8. The summed E-state index contributed by atoms with van der Waals surface area (Å²) in [5.74, 6) is 1.70. The number of nitrogens with one attached hydrogen (secondary N) is 1. The van der Waals surface area contributed by atoms with E-state index in [0.29, 0.717) is 25.3 Å². The van der Waals surface area contributed by atoms with Crippen molar-refractivity contribution in [2.45, 2.75) is 26.4 Å². The van der Waals surface area contributed by atoms with Gasteiger partial charge < -0.3 is 9.47 Å². The summed E-state index contributed by atoms with van der Waals surface area (Å²) in [6.45, 7) is 3.69. The highest BCUT2D eigenvalue weighted by Crippen LogP contribution is 2.17. The number of hydrogen-bond donors (Lipinski definition) is 1. The van der Waals surface area contributed by atoms with Gasteiger partial charge in [0.15, 0.2) is 5.82 Å². The maximum Gasteiger partial charge on any atom is 0.274 e. The molecular weight excluding hydrogens is 304 g/mol. The fourth-order valence-electron chi connectivity index (χ4n) is 2.99. The molecule has 1 aliphatic rings. The number of H-pyrrole nitrogens is 1. The molecule has 1 aliphatic heterocycles. The first-order valence-corrected chi connectivity index (χ1v) is 7.97. The maximum atomic E-state index is 12.5. The van der Waals surface area contributed by atoms with Crippen LogP contribution in [0.2, 0.25) is 0 Å². The third-order valence-corrected chi connectivity index (χ3v) is 4.25. The zero-order chi connectivity index (χ0) is 16.5. The van der Waals surface area contributed by atoms with Gasteiger partial charge in [0.05, 0.1) is 6.54 Å². The molecule has 0 spiro atoms. The molecule has 1 aromatic carbocycles. The average Bonchev–Trinajstić information content (AvgIpc) is 3.21. The summed E-state index contributed by atoms with van der Waals surface area (Å²) < 4.78 is 2.12. The van der Waals surface area contributed by atoms with Crippen LogP contribution in [-0.2, 0) is 19.5 Å². The van der Waals surface area contributed by atoms with Gasteiger partial charge in [-0.25, -0.2) is 0 Å². The summed E-state index contributed by atoms with van der Waals surface area (Å²) in [4.78, 5) is 14.3. The minimum atomic E-state index is -0.0711. The van der Waals surface area contributed by atoms with Gasteiger partial charge in [0.1, 0.15) is 11.5 Å². The van der Waals surface area contributed by atoms with Crippen molar-refractivity contribution in [1.82, 2.24) is 29.9 Å². The van der Waals surface area contributed by atoms with Crippen molar-refractivity contribution in [2.24, 2.45) is 0 Å². The molecular formula is C17H18N6O. The Morgan fingerprint density at radius 2 is 2.04 bits per heavy atom. The molecule has 2 aromatic heterocycles. The van der Waals surface area contributed by atoms with Crippen LogP contribution in [0, 0.1) is 6.92 Å². The van der Waals surface area contributed by atoms with Gasteiger partial charge in [0, 0.05) is 25.2 Å². The second kappa shape index (κ2) is 5.92. The lowest BCUT2D eigenvalue weighted by Crippen LogP contribution is -2.39. The number of benzene rings is 1. The SMILES string of the molecule is Cc1cc(C(=O)N2CCn3c(Cc4ccccc4)nnc3C2)n[nH]1. The third kappa shape index (κ3) is 2.68. The highest BCUT2D eigenvalue weighted by molar-refractivity contribution is 5.92. The van der Waals surface area contributed by atoms with Gasteiger partial charge >= 0.3 is 0 Å². The predicted molar refractivity (Wildman–Crippen MR) is 87.3 cm³/mol. The van der Waals surface area contributed by atoms with E-state index in [4.69, 9.17) is 0 Å².